The minimum atomic E-state index is -0.476. The van der Waals surface area contributed by atoms with Crippen LogP contribution < -0.4 is 15.8 Å². The standard InChI is InChI=1S/C13H20N2O2/c1-8-5-11(6-9(2)12(8)17-4)7-15-13(16)10(3)14/h5-6,10H,7,14H2,1-4H3,(H,15,16). The Morgan fingerprint density at radius 2 is 1.94 bits per heavy atom. The van der Waals surface area contributed by atoms with E-state index in [-0.39, 0.29) is 5.91 Å². The van der Waals surface area contributed by atoms with Gasteiger partial charge in [-0.3, -0.25) is 4.79 Å². The molecule has 0 heterocycles. The zero-order valence-electron chi connectivity index (χ0n) is 10.8. The number of nitrogens with one attached hydrogen (secondary N) is 1. The lowest BCUT2D eigenvalue weighted by molar-refractivity contribution is -0.122. The normalized spacial score (nSPS) is 12.1. The maximum absolute atomic E-state index is 11.3. The van der Waals surface area contributed by atoms with E-state index in [1.807, 2.05) is 26.0 Å². The molecule has 0 bridgehead atoms. The molecule has 1 aromatic carbocycles. The van der Waals surface area contributed by atoms with Crippen LogP contribution >= 0.6 is 0 Å². The fourth-order valence-corrected chi connectivity index (χ4v) is 1.81. The van der Waals surface area contributed by atoms with E-state index in [0.717, 1.165) is 22.4 Å². The van der Waals surface area contributed by atoms with Crippen LogP contribution in [0.15, 0.2) is 12.1 Å². The molecule has 0 aliphatic carbocycles. The second-order valence-electron chi connectivity index (χ2n) is 4.27. The molecule has 1 atom stereocenters. The molecule has 4 nitrogen and oxygen atoms in total. The lowest BCUT2D eigenvalue weighted by Crippen LogP contribution is -2.37. The third kappa shape index (κ3) is 3.46. The highest BCUT2D eigenvalue weighted by atomic mass is 16.5. The number of nitrogens with two attached hydrogens (primary N) is 1. The Labute approximate surface area is 102 Å². The fraction of sp³-hybridized carbons (Fsp3) is 0.462. The van der Waals surface area contributed by atoms with E-state index in [0.29, 0.717) is 6.54 Å². The van der Waals surface area contributed by atoms with Gasteiger partial charge in [0.05, 0.1) is 13.2 Å². The number of amides is 1. The van der Waals surface area contributed by atoms with Crippen LogP contribution in [0.2, 0.25) is 0 Å². The molecule has 3 N–H and O–H groups in total. The van der Waals surface area contributed by atoms with Crippen LogP contribution in [-0.2, 0) is 11.3 Å². The topological polar surface area (TPSA) is 64.3 Å². The van der Waals surface area contributed by atoms with Crippen LogP contribution in [0.5, 0.6) is 5.75 Å². The Kier molecular flexibility index (Phi) is 4.52. The van der Waals surface area contributed by atoms with E-state index in [9.17, 15) is 4.79 Å². The zero-order valence-corrected chi connectivity index (χ0v) is 10.8. The Balaban J connectivity index is 2.77. The summed E-state index contributed by atoms with van der Waals surface area (Å²) in [6.07, 6.45) is 0. The molecular weight excluding hydrogens is 216 g/mol. The average Bonchev–Trinajstić information content (AvgIpc) is 2.25. The van der Waals surface area contributed by atoms with E-state index >= 15 is 0 Å². The van der Waals surface area contributed by atoms with Gasteiger partial charge >= 0.3 is 0 Å². The predicted molar refractivity (Wildman–Crippen MR) is 68.0 cm³/mol. The van der Waals surface area contributed by atoms with Gasteiger partial charge in [0.15, 0.2) is 0 Å². The third-order valence-electron chi connectivity index (χ3n) is 2.60. The van der Waals surface area contributed by atoms with E-state index < -0.39 is 6.04 Å². The van der Waals surface area contributed by atoms with Gasteiger partial charge in [-0.15, -0.1) is 0 Å². The van der Waals surface area contributed by atoms with Crippen molar-refractivity contribution in [3.05, 3.63) is 28.8 Å². The van der Waals surface area contributed by atoms with Crippen LogP contribution in [-0.4, -0.2) is 19.1 Å². The van der Waals surface area contributed by atoms with E-state index in [4.69, 9.17) is 10.5 Å². The van der Waals surface area contributed by atoms with Crippen LogP contribution in [0.25, 0.3) is 0 Å². The SMILES string of the molecule is COc1c(C)cc(CNC(=O)C(C)N)cc1C. The van der Waals surface area contributed by atoms with E-state index in [2.05, 4.69) is 5.32 Å². The van der Waals surface area contributed by atoms with Crippen LogP contribution in [0.1, 0.15) is 23.6 Å². The first-order valence-electron chi connectivity index (χ1n) is 5.63. The van der Waals surface area contributed by atoms with Gasteiger partial charge in [0, 0.05) is 6.54 Å². The number of carbonyl (C=O) groups excluding carboxylic acids is 1. The summed E-state index contributed by atoms with van der Waals surface area (Å²) in [6.45, 7) is 6.14. The van der Waals surface area contributed by atoms with Gasteiger partial charge in [0.2, 0.25) is 5.91 Å². The Morgan fingerprint density at radius 3 is 2.35 bits per heavy atom. The maximum Gasteiger partial charge on any atom is 0.236 e. The quantitative estimate of drug-likeness (QED) is 0.827. The molecule has 0 spiro atoms. The smallest absolute Gasteiger partial charge is 0.236 e. The molecule has 1 amide bonds. The first-order valence-corrected chi connectivity index (χ1v) is 5.63. The van der Waals surface area contributed by atoms with Crippen molar-refractivity contribution < 1.29 is 9.53 Å². The van der Waals surface area contributed by atoms with Gasteiger partial charge in [-0.25, -0.2) is 0 Å². The van der Waals surface area contributed by atoms with E-state index in [1.165, 1.54) is 0 Å². The number of hydrogen-bond donors (Lipinski definition) is 2. The molecule has 0 saturated carbocycles. The molecule has 0 radical (unpaired) electrons. The third-order valence-corrected chi connectivity index (χ3v) is 2.60. The number of aryl methyl sites for hydroxylation is 2. The Hall–Kier alpha value is -1.55. The minimum Gasteiger partial charge on any atom is -0.496 e. The van der Waals surface area contributed by atoms with Gasteiger partial charge in [-0.2, -0.15) is 0 Å². The monoisotopic (exact) mass is 236 g/mol. The summed E-state index contributed by atoms with van der Waals surface area (Å²) in [5.74, 6) is 0.753. The van der Waals surface area contributed by atoms with Crippen molar-refractivity contribution in [2.45, 2.75) is 33.4 Å². The molecule has 1 rings (SSSR count). The number of methoxy groups -OCH3 is 1. The second kappa shape index (κ2) is 5.68. The summed E-state index contributed by atoms with van der Waals surface area (Å²) in [6, 6.07) is 3.54. The van der Waals surface area contributed by atoms with Gasteiger partial charge < -0.3 is 15.8 Å². The predicted octanol–water partition coefficient (Wildman–Crippen LogP) is 1.28. The Morgan fingerprint density at radius 1 is 1.41 bits per heavy atom. The molecule has 0 aromatic heterocycles. The molecule has 1 unspecified atom stereocenters. The largest absolute Gasteiger partial charge is 0.496 e. The number of benzene rings is 1. The van der Waals surface area contributed by atoms with Crippen LogP contribution in [0, 0.1) is 13.8 Å². The van der Waals surface area contributed by atoms with Gasteiger partial charge in [-0.05, 0) is 37.5 Å². The number of carbonyl (C=O) groups is 1. The molecule has 94 valence electrons. The lowest BCUT2D eigenvalue weighted by Gasteiger charge is -2.12. The number of rotatable bonds is 4. The van der Waals surface area contributed by atoms with Crippen molar-refractivity contribution in [3.63, 3.8) is 0 Å². The number of hydrogen-bond acceptors (Lipinski definition) is 3. The minimum absolute atomic E-state index is 0.142. The zero-order chi connectivity index (χ0) is 13.0. The molecule has 0 saturated heterocycles. The summed E-state index contributed by atoms with van der Waals surface area (Å²) in [7, 11) is 1.66. The van der Waals surface area contributed by atoms with Crippen molar-refractivity contribution in [2.24, 2.45) is 5.73 Å². The lowest BCUT2D eigenvalue weighted by atomic mass is 10.1. The van der Waals surface area contributed by atoms with Crippen LogP contribution in [0.4, 0.5) is 0 Å². The van der Waals surface area contributed by atoms with Crippen molar-refractivity contribution in [1.82, 2.24) is 5.32 Å². The van der Waals surface area contributed by atoms with Crippen molar-refractivity contribution >= 4 is 5.91 Å². The highest BCUT2D eigenvalue weighted by Crippen LogP contribution is 2.24. The highest BCUT2D eigenvalue weighted by molar-refractivity contribution is 5.80. The molecule has 1 aromatic rings. The summed E-state index contributed by atoms with van der Waals surface area (Å²) in [5.41, 5.74) is 8.66. The summed E-state index contributed by atoms with van der Waals surface area (Å²) in [4.78, 5) is 11.3. The van der Waals surface area contributed by atoms with Crippen molar-refractivity contribution in [1.29, 1.82) is 0 Å². The summed E-state index contributed by atoms with van der Waals surface area (Å²) < 4.78 is 5.29. The number of ether oxygens (including phenoxy) is 1. The molecular formula is C13H20N2O2. The van der Waals surface area contributed by atoms with E-state index in [1.54, 1.807) is 14.0 Å². The first kappa shape index (κ1) is 13.5. The highest BCUT2D eigenvalue weighted by Gasteiger charge is 2.08. The van der Waals surface area contributed by atoms with Crippen molar-refractivity contribution in [3.8, 4) is 5.75 Å². The average molecular weight is 236 g/mol. The summed E-state index contributed by atoms with van der Waals surface area (Å²) >= 11 is 0. The van der Waals surface area contributed by atoms with Crippen LogP contribution in [0.3, 0.4) is 0 Å². The molecule has 0 aliphatic rings. The molecule has 17 heavy (non-hydrogen) atoms. The second-order valence-corrected chi connectivity index (χ2v) is 4.27. The van der Waals surface area contributed by atoms with Crippen molar-refractivity contribution in [2.75, 3.05) is 7.11 Å². The maximum atomic E-state index is 11.3. The van der Waals surface area contributed by atoms with Gasteiger partial charge in [0.25, 0.3) is 0 Å². The molecule has 0 fully saturated rings. The first-order chi connectivity index (χ1) is 7.95. The van der Waals surface area contributed by atoms with Gasteiger partial charge in [0.1, 0.15) is 5.75 Å². The Bertz CT molecular complexity index is 391. The summed E-state index contributed by atoms with van der Waals surface area (Å²) in [5, 5.41) is 2.79. The molecule has 4 heteroatoms. The molecule has 0 aliphatic heterocycles. The fourth-order valence-electron chi connectivity index (χ4n) is 1.81. The van der Waals surface area contributed by atoms with Gasteiger partial charge in [-0.1, -0.05) is 12.1 Å².